The average Bonchev–Trinajstić information content (AvgIpc) is 3.39. The zero-order valence-corrected chi connectivity index (χ0v) is 16.4. The fraction of sp³-hybridized carbons (Fsp3) is 0.318. The second-order valence-electron chi connectivity index (χ2n) is 7.54. The number of Topliss-reactive ketones (excluding diaryl/α,β-unsaturated/α-hetero) is 1. The average molecular weight is 394 g/mol. The van der Waals surface area contributed by atoms with Crippen molar-refractivity contribution in [1.82, 2.24) is 5.32 Å². The highest BCUT2D eigenvalue weighted by atomic mass is 16.5. The van der Waals surface area contributed by atoms with Gasteiger partial charge in [-0.05, 0) is 29.8 Å². The maximum atomic E-state index is 13.1. The van der Waals surface area contributed by atoms with Gasteiger partial charge in [-0.1, -0.05) is 19.1 Å². The van der Waals surface area contributed by atoms with Crippen molar-refractivity contribution < 1.29 is 23.9 Å². The van der Waals surface area contributed by atoms with Gasteiger partial charge in [-0.25, -0.2) is 0 Å². The quantitative estimate of drug-likeness (QED) is 0.812. The molecule has 2 aliphatic rings. The van der Waals surface area contributed by atoms with Crippen LogP contribution >= 0.6 is 0 Å². The second-order valence-corrected chi connectivity index (χ2v) is 7.54. The van der Waals surface area contributed by atoms with E-state index in [9.17, 15) is 14.4 Å². The van der Waals surface area contributed by atoms with Crippen LogP contribution in [-0.4, -0.2) is 31.8 Å². The number of anilines is 1. The minimum absolute atomic E-state index is 0.181. The van der Waals surface area contributed by atoms with Crippen LogP contribution in [0.2, 0.25) is 0 Å². The molecule has 0 saturated heterocycles. The number of benzene rings is 2. The van der Waals surface area contributed by atoms with Gasteiger partial charge in [-0.2, -0.15) is 0 Å². The van der Waals surface area contributed by atoms with Crippen LogP contribution in [0.15, 0.2) is 42.5 Å². The summed E-state index contributed by atoms with van der Waals surface area (Å²) in [7, 11) is 3.11. The van der Waals surface area contributed by atoms with Crippen molar-refractivity contribution in [1.29, 1.82) is 0 Å². The van der Waals surface area contributed by atoms with E-state index >= 15 is 0 Å². The summed E-state index contributed by atoms with van der Waals surface area (Å²) in [5, 5.41) is 5.63. The standard InChI is InChI=1S/C22H22N2O5/c1-22-17(18(22)21(27)24-16-7-5-4-6-15(16)19(22)25)20(26)23-11-12-8-13(28-2)10-14(9-12)29-3/h4-10,17-18H,11H2,1-3H3,(H,23,26)(H,24,27)/t17-,18+,22+/m0/s1. The first kappa shape index (κ1) is 19.0. The summed E-state index contributed by atoms with van der Waals surface area (Å²) in [4.78, 5) is 38.6. The fourth-order valence-electron chi connectivity index (χ4n) is 4.20. The molecule has 2 N–H and O–H groups in total. The number of nitrogens with one attached hydrogen (secondary N) is 2. The Labute approximate surface area is 168 Å². The molecule has 0 bridgehead atoms. The molecule has 0 spiro atoms. The van der Waals surface area contributed by atoms with Crippen LogP contribution in [0.3, 0.4) is 0 Å². The number of hydrogen-bond acceptors (Lipinski definition) is 5. The zero-order chi connectivity index (χ0) is 20.8. The summed E-state index contributed by atoms with van der Waals surface area (Å²) < 4.78 is 10.5. The molecule has 2 amide bonds. The maximum absolute atomic E-state index is 13.1. The number of carbonyl (C=O) groups is 3. The van der Waals surface area contributed by atoms with Crippen molar-refractivity contribution in [2.45, 2.75) is 13.5 Å². The highest BCUT2D eigenvalue weighted by Crippen LogP contribution is 2.62. The molecule has 1 aliphatic carbocycles. The Morgan fingerprint density at radius 3 is 2.41 bits per heavy atom. The topological polar surface area (TPSA) is 93.7 Å². The Morgan fingerprint density at radius 2 is 1.76 bits per heavy atom. The van der Waals surface area contributed by atoms with Gasteiger partial charge in [-0.15, -0.1) is 0 Å². The number of hydrogen-bond donors (Lipinski definition) is 2. The van der Waals surface area contributed by atoms with E-state index < -0.39 is 17.3 Å². The van der Waals surface area contributed by atoms with Gasteiger partial charge in [0.2, 0.25) is 11.8 Å². The lowest BCUT2D eigenvalue weighted by Crippen LogP contribution is -2.29. The van der Waals surface area contributed by atoms with Crippen molar-refractivity contribution in [3.8, 4) is 11.5 Å². The molecule has 150 valence electrons. The first-order valence-electron chi connectivity index (χ1n) is 9.34. The molecular weight excluding hydrogens is 372 g/mol. The van der Waals surface area contributed by atoms with Crippen molar-refractivity contribution in [3.63, 3.8) is 0 Å². The Bertz CT molecular complexity index is 996. The molecule has 2 aromatic carbocycles. The van der Waals surface area contributed by atoms with E-state index in [4.69, 9.17) is 9.47 Å². The number of ketones is 1. The molecule has 2 aromatic rings. The van der Waals surface area contributed by atoms with E-state index in [0.29, 0.717) is 22.7 Å². The van der Waals surface area contributed by atoms with Crippen LogP contribution < -0.4 is 20.1 Å². The van der Waals surface area contributed by atoms with E-state index in [1.54, 1.807) is 63.6 Å². The fourth-order valence-corrected chi connectivity index (χ4v) is 4.20. The van der Waals surface area contributed by atoms with E-state index in [2.05, 4.69) is 10.6 Å². The number of methoxy groups -OCH3 is 2. The number of fused-ring (bicyclic) bond motifs is 2. The monoisotopic (exact) mass is 394 g/mol. The third-order valence-corrected chi connectivity index (χ3v) is 5.88. The van der Waals surface area contributed by atoms with E-state index in [-0.39, 0.29) is 24.1 Å². The molecule has 7 heteroatoms. The number of para-hydroxylation sites is 1. The molecule has 1 heterocycles. The molecule has 1 aliphatic heterocycles. The molecule has 1 saturated carbocycles. The van der Waals surface area contributed by atoms with E-state index in [0.717, 1.165) is 5.56 Å². The lowest BCUT2D eigenvalue weighted by molar-refractivity contribution is -0.125. The largest absolute Gasteiger partial charge is 0.497 e. The molecule has 29 heavy (non-hydrogen) atoms. The van der Waals surface area contributed by atoms with Gasteiger partial charge in [0, 0.05) is 18.2 Å². The van der Waals surface area contributed by atoms with Gasteiger partial charge in [-0.3, -0.25) is 14.4 Å². The SMILES string of the molecule is COc1cc(CNC(=O)[C@@H]2[C@@H]3C(=O)Nc4ccccc4C(=O)[C@]23C)cc(OC)c1. The smallest absolute Gasteiger partial charge is 0.229 e. The van der Waals surface area contributed by atoms with Gasteiger partial charge in [0.05, 0.1) is 37.2 Å². The molecule has 7 nitrogen and oxygen atoms in total. The minimum Gasteiger partial charge on any atom is -0.497 e. The normalized spacial score (nSPS) is 24.5. The highest BCUT2D eigenvalue weighted by molar-refractivity contribution is 6.19. The van der Waals surface area contributed by atoms with Crippen molar-refractivity contribution in [2.24, 2.45) is 17.3 Å². The van der Waals surface area contributed by atoms with Gasteiger partial charge in [0.1, 0.15) is 11.5 Å². The van der Waals surface area contributed by atoms with Gasteiger partial charge >= 0.3 is 0 Å². The Kier molecular flexibility index (Phi) is 4.53. The number of rotatable bonds is 5. The summed E-state index contributed by atoms with van der Waals surface area (Å²) in [6.45, 7) is 1.93. The number of amides is 2. The van der Waals surface area contributed by atoms with Crippen LogP contribution in [0, 0.1) is 17.3 Å². The molecular formula is C22H22N2O5. The Balaban J connectivity index is 1.53. The minimum atomic E-state index is -1.03. The third kappa shape index (κ3) is 3.03. The summed E-state index contributed by atoms with van der Waals surface area (Å²) in [6.07, 6.45) is 0. The Morgan fingerprint density at radius 1 is 1.10 bits per heavy atom. The van der Waals surface area contributed by atoms with Crippen LogP contribution in [0.4, 0.5) is 5.69 Å². The van der Waals surface area contributed by atoms with Crippen molar-refractivity contribution in [3.05, 3.63) is 53.6 Å². The molecule has 0 radical (unpaired) electrons. The number of ether oxygens (including phenoxy) is 2. The lowest BCUT2D eigenvalue weighted by Gasteiger charge is -2.13. The molecule has 0 unspecified atom stereocenters. The lowest BCUT2D eigenvalue weighted by atomic mass is 9.92. The summed E-state index contributed by atoms with van der Waals surface area (Å²) in [5.41, 5.74) is 0.700. The van der Waals surface area contributed by atoms with Crippen LogP contribution in [0.1, 0.15) is 22.8 Å². The van der Waals surface area contributed by atoms with Crippen molar-refractivity contribution >= 4 is 23.3 Å². The first-order chi connectivity index (χ1) is 13.9. The summed E-state index contributed by atoms with van der Waals surface area (Å²) >= 11 is 0. The van der Waals surface area contributed by atoms with Crippen LogP contribution in [-0.2, 0) is 16.1 Å². The Hall–Kier alpha value is -3.35. The zero-order valence-electron chi connectivity index (χ0n) is 16.4. The van der Waals surface area contributed by atoms with Gasteiger partial charge < -0.3 is 20.1 Å². The van der Waals surface area contributed by atoms with Crippen LogP contribution in [0.25, 0.3) is 0 Å². The predicted octanol–water partition coefficient (Wildman–Crippen LogP) is 2.41. The molecule has 4 rings (SSSR count). The summed E-state index contributed by atoms with van der Waals surface area (Å²) in [5.74, 6) is -0.944. The second kappa shape index (κ2) is 6.92. The summed E-state index contributed by atoms with van der Waals surface area (Å²) in [6, 6.07) is 12.2. The van der Waals surface area contributed by atoms with E-state index in [1.165, 1.54) is 0 Å². The van der Waals surface area contributed by atoms with Crippen LogP contribution in [0.5, 0.6) is 11.5 Å². The molecule has 3 atom stereocenters. The van der Waals surface area contributed by atoms with E-state index in [1.807, 2.05) is 0 Å². The third-order valence-electron chi connectivity index (χ3n) is 5.88. The van der Waals surface area contributed by atoms with Gasteiger partial charge in [0.15, 0.2) is 5.78 Å². The van der Waals surface area contributed by atoms with Crippen molar-refractivity contribution in [2.75, 3.05) is 19.5 Å². The molecule has 0 aromatic heterocycles. The highest BCUT2D eigenvalue weighted by Gasteiger charge is 2.73. The predicted molar refractivity (Wildman–Crippen MR) is 106 cm³/mol. The van der Waals surface area contributed by atoms with Gasteiger partial charge in [0.25, 0.3) is 0 Å². The first-order valence-corrected chi connectivity index (χ1v) is 9.34. The maximum Gasteiger partial charge on any atom is 0.229 e. The number of carbonyl (C=O) groups excluding carboxylic acids is 3. The molecule has 1 fully saturated rings.